The van der Waals surface area contributed by atoms with Crippen LogP contribution in [0, 0.1) is 0 Å². The van der Waals surface area contributed by atoms with Crippen molar-refractivity contribution in [3.63, 3.8) is 0 Å². The number of carbonyl (C=O) groups is 1. The van der Waals surface area contributed by atoms with Crippen LogP contribution in [0.15, 0.2) is 22.7 Å². The van der Waals surface area contributed by atoms with E-state index in [0.29, 0.717) is 23.8 Å². The van der Waals surface area contributed by atoms with Crippen molar-refractivity contribution >= 4 is 44.3 Å². The number of nitrogens with zero attached hydrogens (tertiary/aromatic N) is 2. The van der Waals surface area contributed by atoms with Crippen molar-refractivity contribution in [2.75, 3.05) is 6.54 Å². The van der Waals surface area contributed by atoms with Crippen molar-refractivity contribution < 1.29 is 4.79 Å². The summed E-state index contributed by atoms with van der Waals surface area (Å²) in [5.41, 5.74) is 4.79. The van der Waals surface area contributed by atoms with Crippen LogP contribution in [-0.2, 0) is 13.0 Å². The molecule has 1 aromatic carbocycles. The van der Waals surface area contributed by atoms with Gasteiger partial charge in [0.2, 0.25) is 0 Å². The molecule has 4 rings (SSSR count). The predicted octanol–water partition coefficient (Wildman–Crippen LogP) is 4.63. The van der Waals surface area contributed by atoms with E-state index in [-0.39, 0.29) is 11.8 Å². The van der Waals surface area contributed by atoms with E-state index < -0.39 is 0 Å². The van der Waals surface area contributed by atoms with E-state index >= 15 is 0 Å². The fourth-order valence-electron chi connectivity index (χ4n) is 3.38. The maximum Gasteiger partial charge on any atom is 0.275 e. The second-order valence-corrected chi connectivity index (χ2v) is 7.93. The van der Waals surface area contributed by atoms with E-state index in [1.54, 1.807) is 0 Å². The van der Waals surface area contributed by atoms with Gasteiger partial charge in [0.05, 0.1) is 10.2 Å². The highest BCUT2D eigenvalue weighted by atomic mass is 79.9. The number of benzene rings is 1. The Labute approximate surface area is 158 Å². The molecule has 130 valence electrons. The van der Waals surface area contributed by atoms with Crippen LogP contribution in [0.3, 0.4) is 0 Å². The molecule has 7 heteroatoms. The lowest BCUT2D eigenvalue weighted by Crippen LogP contribution is -2.36. The number of fused-ring (bicyclic) bond motifs is 3. The van der Waals surface area contributed by atoms with E-state index in [1.807, 2.05) is 23.1 Å². The van der Waals surface area contributed by atoms with Gasteiger partial charge >= 0.3 is 0 Å². The van der Waals surface area contributed by atoms with Gasteiger partial charge in [0.15, 0.2) is 5.69 Å². The third kappa shape index (κ3) is 2.77. The van der Waals surface area contributed by atoms with Crippen molar-refractivity contribution in [3.8, 4) is 0 Å². The molecule has 1 aliphatic rings. The number of aromatic nitrogens is 3. The summed E-state index contributed by atoms with van der Waals surface area (Å²) < 4.78 is 0.764. The van der Waals surface area contributed by atoms with Crippen molar-refractivity contribution in [2.24, 2.45) is 0 Å². The first-order valence-electron chi connectivity index (χ1n) is 8.27. The molecule has 0 radical (unpaired) electrons. The molecule has 0 saturated heterocycles. The predicted molar refractivity (Wildman–Crippen MR) is 102 cm³/mol. The van der Waals surface area contributed by atoms with Gasteiger partial charge in [-0.2, -0.15) is 5.10 Å². The van der Waals surface area contributed by atoms with Crippen molar-refractivity contribution in [1.29, 1.82) is 0 Å². The molecular formula is C18H18BrClN4O. The highest BCUT2D eigenvalue weighted by molar-refractivity contribution is 9.10. The van der Waals surface area contributed by atoms with Crippen LogP contribution in [0.2, 0.25) is 5.02 Å². The lowest BCUT2D eigenvalue weighted by atomic mass is 10.0. The lowest BCUT2D eigenvalue weighted by Gasteiger charge is -2.26. The van der Waals surface area contributed by atoms with E-state index in [9.17, 15) is 4.79 Å². The number of hydrogen-bond acceptors (Lipinski definition) is 2. The van der Waals surface area contributed by atoms with E-state index in [1.165, 1.54) is 5.69 Å². The monoisotopic (exact) mass is 420 g/mol. The number of amides is 1. The molecule has 2 aromatic heterocycles. The van der Waals surface area contributed by atoms with Gasteiger partial charge in [-0.1, -0.05) is 25.4 Å². The van der Waals surface area contributed by atoms with Gasteiger partial charge in [-0.15, -0.1) is 0 Å². The first kappa shape index (κ1) is 16.7. The molecule has 0 spiro atoms. The Morgan fingerprint density at radius 2 is 2.20 bits per heavy atom. The maximum atomic E-state index is 13.0. The molecule has 3 aromatic rings. The number of hydrogen-bond donors (Lipinski definition) is 2. The minimum absolute atomic E-state index is 0.0583. The molecule has 0 aliphatic carbocycles. The van der Waals surface area contributed by atoms with Crippen LogP contribution >= 0.6 is 27.5 Å². The van der Waals surface area contributed by atoms with Gasteiger partial charge < -0.3 is 9.88 Å². The number of halogens is 2. The van der Waals surface area contributed by atoms with E-state index in [4.69, 9.17) is 11.6 Å². The fraction of sp³-hybridized carbons (Fsp3) is 0.333. The summed E-state index contributed by atoms with van der Waals surface area (Å²) in [5, 5.41) is 9.01. The Bertz CT molecular complexity index is 975. The zero-order valence-corrected chi connectivity index (χ0v) is 16.3. The Balaban J connectivity index is 1.67. The van der Waals surface area contributed by atoms with Crippen molar-refractivity contribution in [2.45, 2.75) is 32.7 Å². The number of H-pyrrole nitrogens is 2. The van der Waals surface area contributed by atoms with Gasteiger partial charge in [0.1, 0.15) is 0 Å². The molecule has 3 heterocycles. The topological polar surface area (TPSA) is 64.8 Å². The van der Waals surface area contributed by atoms with Crippen molar-refractivity contribution in [1.82, 2.24) is 20.1 Å². The van der Waals surface area contributed by atoms with Gasteiger partial charge in [-0.3, -0.25) is 9.89 Å². The molecule has 0 saturated carbocycles. The molecule has 1 amide bonds. The number of aromatic amines is 2. The first-order valence-corrected chi connectivity index (χ1v) is 9.44. The van der Waals surface area contributed by atoms with Gasteiger partial charge in [0.25, 0.3) is 5.91 Å². The number of carbonyl (C=O) groups excluding carboxylic acids is 1. The minimum Gasteiger partial charge on any atom is -0.358 e. The molecule has 2 N–H and O–H groups in total. The summed E-state index contributed by atoms with van der Waals surface area (Å²) in [6.07, 6.45) is 0.798. The summed E-state index contributed by atoms with van der Waals surface area (Å²) in [6, 6.07) is 5.83. The highest BCUT2D eigenvalue weighted by Gasteiger charge is 2.28. The van der Waals surface area contributed by atoms with E-state index in [0.717, 1.165) is 33.1 Å². The Morgan fingerprint density at radius 3 is 2.92 bits per heavy atom. The number of rotatable bonds is 2. The third-order valence-electron chi connectivity index (χ3n) is 4.74. The zero-order valence-electron chi connectivity index (χ0n) is 14.0. The lowest BCUT2D eigenvalue weighted by molar-refractivity contribution is 0.0728. The standard InChI is InChI=1S/C18H18BrClN4O/c1-9(2)16-15(19)17(23-22-16)18(25)24-6-5-14-12(8-24)11-7-10(20)3-4-13(11)21-14/h3-4,7,9,21H,5-6,8H2,1-2H3,(H,22,23). The van der Waals surface area contributed by atoms with Crippen LogP contribution in [0.5, 0.6) is 0 Å². The van der Waals surface area contributed by atoms with Gasteiger partial charge in [-0.25, -0.2) is 0 Å². The zero-order chi connectivity index (χ0) is 17.7. The largest absolute Gasteiger partial charge is 0.358 e. The van der Waals surface area contributed by atoms with Crippen LogP contribution in [0.4, 0.5) is 0 Å². The number of nitrogens with one attached hydrogen (secondary N) is 2. The molecule has 0 fully saturated rings. The molecule has 0 atom stereocenters. The second-order valence-electron chi connectivity index (χ2n) is 6.70. The fourth-order valence-corrected chi connectivity index (χ4v) is 4.35. The van der Waals surface area contributed by atoms with Crippen molar-refractivity contribution in [3.05, 3.63) is 50.3 Å². The Kier molecular flexibility index (Phi) is 4.12. The SMILES string of the molecule is CC(C)c1[nH]nc(C(=O)N2CCc3[nH]c4ccc(Cl)cc4c3C2)c1Br. The minimum atomic E-state index is -0.0583. The third-order valence-corrected chi connectivity index (χ3v) is 5.77. The molecule has 5 nitrogen and oxygen atoms in total. The first-order chi connectivity index (χ1) is 12.0. The molecule has 25 heavy (non-hydrogen) atoms. The van der Waals surface area contributed by atoms with Crippen LogP contribution in [-0.4, -0.2) is 32.5 Å². The van der Waals surface area contributed by atoms with Crippen LogP contribution in [0.25, 0.3) is 10.9 Å². The summed E-state index contributed by atoms with van der Waals surface area (Å²) >= 11 is 9.68. The Hall–Kier alpha value is -1.79. The average Bonchev–Trinajstić information content (AvgIpc) is 3.14. The van der Waals surface area contributed by atoms with Gasteiger partial charge in [-0.05, 0) is 40.0 Å². The normalized spacial score (nSPS) is 14.4. The summed E-state index contributed by atoms with van der Waals surface area (Å²) in [6.45, 7) is 5.36. The Morgan fingerprint density at radius 1 is 1.40 bits per heavy atom. The quantitative estimate of drug-likeness (QED) is 0.633. The molecule has 1 aliphatic heterocycles. The molecule has 0 unspecified atom stereocenters. The van der Waals surface area contributed by atoms with Crippen LogP contribution in [0.1, 0.15) is 47.2 Å². The van der Waals surface area contributed by atoms with Gasteiger partial charge in [0, 0.05) is 46.7 Å². The van der Waals surface area contributed by atoms with E-state index in [2.05, 4.69) is 45.0 Å². The smallest absolute Gasteiger partial charge is 0.275 e. The average molecular weight is 422 g/mol. The molecule has 0 bridgehead atoms. The molecular weight excluding hydrogens is 404 g/mol. The highest BCUT2D eigenvalue weighted by Crippen LogP contribution is 2.32. The van der Waals surface area contributed by atoms with Crippen LogP contribution < -0.4 is 0 Å². The summed E-state index contributed by atoms with van der Waals surface area (Å²) in [7, 11) is 0. The second kappa shape index (κ2) is 6.18. The summed E-state index contributed by atoms with van der Waals surface area (Å²) in [4.78, 5) is 18.3. The maximum absolute atomic E-state index is 13.0. The summed E-state index contributed by atoms with van der Waals surface area (Å²) in [5.74, 6) is 0.212.